The molecule has 0 aromatic rings. The molecule has 0 spiro atoms. The van der Waals surface area contributed by atoms with Crippen molar-refractivity contribution in [1.82, 2.24) is 0 Å². The van der Waals surface area contributed by atoms with Gasteiger partial charge in [-0.15, -0.1) is 0 Å². The summed E-state index contributed by atoms with van der Waals surface area (Å²) in [6, 6.07) is 0. The predicted octanol–water partition coefficient (Wildman–Crippen LogP) is -0.732. The molecule has 6 heteroatoms. The average Bonchev–Trinajstić information content (AvgIpc) is 1.35. The maximum absolute atomic E-state index is 9.30. The maximum atomic E-state index is 9.30. The van der Waals surface area contributed by atoms with E-state index < -0.39 is 10.4 Å². The molecule has 0 aliphatic carbocycles. The second-order valence-electron chi connectivity index (χ2n) is 0.480. The zero-order valence-electron chi connectivity index (χ0n) is 2.40. The third-order valence-electron chi connectivity index (χ3n) is 0.0666. The van der Waals surface area contributed by atoms with Crippen LogP contribution in [0.3, 0.4) is 0 Å². The molecule has 0 unspecified atom stereocenters. The van der Waals surface area contributed by atoms with Gasteiger partial charge in [0.05, 0.1) is 0 Å². The molecule has 0 aromatic carbocycles. The van der Waals surface area contributed by atoms with Gasteiger partial charge < -0.3 is 0 Å². The molecule has 0 saturated heterocycles. The van der Waals surface area contributed by atoms with Crippen LogP contribution in [0.5, 0.6) is 0 Å². The Hall–Kier alpha value is 0.532. The van der Waals surface area contributed by atoms with Crippen LogP contribution in [0, 0.1) is 0 Å². The van der Waals surface area contributed by atoms with Crippen molar-refractivity contribution in [3.8, 4) is 0 Å². The van der Waals surface area contributed by atoms with Crippen LogP contribution in [-0.2, 0) is 32.9 Å². The molecule has 0 saturated carbocycles. The van der Waals surface area contributed by atoms with Gasteiger partial charge in [-0.25, -0.2) is 0 Å². The van der Waals surface area contributed by atoms with Gasteiger partial charge in [0.25, 0.3) is 0 Å². The molecule has 6 heavy (non-hydrogen) atoms. The Morgan fingerprint density at radius 1 is 1.67 bits per heavy atom. The quantitative estimate of drug-likeness (QED) is 0.451. The Balaban J connectivity index is 3.85. The summed E-state index contributed by atoms with van der Waals surface area (Å²) in [7, 11) is -4.23. The van der Waals surface area contributed by atoms with E-state index >= 15 is 0 Å². The van der Waals surface area contributed by atoms with Crippen LogP contribution in [0.25, 0.3) is 0 Å². The average molecular weight is 203 g/mol. The van der Waals surface area contributed by atoms with E-state index in [2.05, 4.69) is 2.91 Å². The van der Waals surface area contributed by atoms with Crippen molar-refractivity contribution < 1.29 is 35.5 Å². The fraction of sp³-hybridized carbons (Fsp3) is 0. The van der Waals surface area contributed by atoms with Gasteiger partial charge in [0.15, 0.2) is 0 Å². The van der Waals surface area contributed by atoms with Crippen molar-refractivity contribution >= 4 is 10.4 Å². The van der Waals surface area contributed by atoms with E-state index in [4.69, 9.17) is 4.55 Å². The van der Waals surface area contributed by atoms with E-state index in [1.54, 1.807) is 19.6 Å². The van der Waals surface area contributed by atoms with Crippen LogP contribution >= 0.6 is 0 Å². The summed E-state index contributed by atoms with van der Waals surface area (Å²) in [5, 5.41) is 0. The standard InChI is InChI=1S/H2O4S.Pd/c1-5(2,3)4;/h(H2,1,2,3,4);/q;+1/p-1. The number of rotatable bonds is 1. The van der Waals surface area contributed by atoms with Crippen molar-refractivity contribution in [3.63, 3.8) is 0 Å². The van der Waals surface area contributed by atoms with E-state index in [9.17, 15) is 8.42 Å². The predicted molar refractivity (Wildman–Crippen MR) is 12.6 cm³/mol. The van der Waals surface area contributed by atoms with Crippen molar-refractivity contribution in [3.05, 3.63) is 0 Å². The van der Waals surface area contributed by atoms with Gasteiger partial charge in [0, 0.05) is 0 Å². The molecule has 0 aliphatic heterocycles. The minimum atomic E-state index is -4.23. The topological polar surface area (TPSA) is 63.6 Å². The third-order valence-corrected chi connectivity index (χ3v) is 1.18. The van der Waals surface area contributed by atoms with Crippen LogP contribution in [0.4, 0.5) is 0 Å². The molecular formula is HO4PdS. The summed E-state index contributed by atoms with van der Waals surface area (Å²) in [6.07, 6.45) is 0. The van der Waals surface area contributed by atoms with Gasteiger partial charge in [-0.3, -0.25) is 0 Å². The zero-order valence-corrected chi connectivity index (χ0v) is 4.77. The first-order valence-electron chi connectivity index (χ1n) is 0.812. The fourth-order valence-electron chi connectivity index (χ4n) is 0. The minimum absolute atomic E-state index is 1.80. The van der Waals surface area contributed by atoms with Crippen molar-refractivity contribution in [2.45, 2.75) is 0 Å². The molecular weight excluding hydrogens is 202 g/mol. The molecule has 0 amide bonds. The van der Waals surface area contributed by atoms with Crippen LogP contribution in [0.1, 0.15) is 0 Å². The normalized spacial score (nSPS) is 11.8. The van der Waals surface area contributed by atoms with Gasteiger partial charge in [-0.2, -0.15) is 0 Å². The molecule has 0 radical (unpaired) electrons. The summed E-state index contributed by atoms with van der Waals surface area (Å²) < 4.78 is 29.4. The Morgan fingerprint density at radius 2 is 1.83 bits per heavy atom. The summed E-state index contributed by atoms with van der Waals surface area (Å²) in [5.41, 5.74) is 0. The Bertz CT molecular complexity index is 110. The second-order valence-corrected chi connectivity index (χ2v) is 2.22. The second kappa shape index (κ2) is 2.00. The zero-order chi connectivity index (χ0) is 5.21. The fourth-order valence-corrected chi connectivity index (χ4v) is 0. The van der Waals surface area contributed by atoms with Crippen molar-refractivity contribution in [1.29, 1.82) is 0 Å². The molecule has 0 fully saturated rings. The molecule has 0 aromatic heterocycles. The monoisotopic (exact) mass is 203 g/mol. The molecule has 0 aliphatic rings. The molecule has 0 rings (SSSR count). The summed E-state index contributed by atoms with van der Waals surface area (Å²) in [6.45, 7) is 0. The molecule has 0 bridgehead atoms. The van der Waals surface area contributed by atoms with E-state index in [0.717, 1.165) is 0 Å². The van der Waals surface area contributed by atoms with Gasteiger partial charge in [0.2, 0.25) is 0 Å². The van der Waals surface area contributed by atoms with Crippen LogP contribution < -0.4 is 0 Å². The van der Waals surface area contributed by atoms with Crippen molar-refractivity contribution in [2.75, 3.05) is 0 Å². The van der Waals surface area contributed by atoms with E-state index in [1.807, 2.05) is 0 Å². The van der Waals surface area contributed by atoms with Crippen molar-refractivity contribution in [2.24, 2.45) is 0 Å². The van der Waals surface area contributed by atoms with Crippen LogP contribution in [0.2, 0.25) is 0 Å². The first-order chi connectivity index (χ1) is 2.56. The van der Waals surface area contributed by atoms with Gasteiger partial charge in [0.1, 0.15) is 0 Å². The van der Waals surface area contributed by atoms with Crippen LogP contribution in [0.15, 0.2) is 0 Å². The first-order valence-corrected chi connectivity index (χ1v) is 2.81. The Morgan fingerprint density at radius 3 is 1.83 bits per heavy atom. The Labute approximate surface area is 46.3 Å². The number of hydrogen-bond acceptors (Lipinski definition) is 3. The third kappa shape index (κ3) is 4.53. The van der Waals surface area contributed by atoms with E-state index in [0.29, 0.717) is 0 Å². The van der Waals surface area contributed by atoms with Gasteiger partial charge in [-0.1, -0.05) is 0 Å². The van der Waals surface area contributed by atoms with Gasteiger partial charge in [-0.05, 0) is 0 Å². The Kier molecular flexibility index (Phi) is 2.18. The van der Waals surface area contributed by atoms with E-state index in [-0.39, 0.29) is 0 Å². The first kappa shape index (κ1) is 6.53. The molecule has 1 N–H and O–H groups in total. The number of hydrogen-bond donors (Lipinski definition) is 1. The summed E-state index contributed by atoms with van der Waals surface area (Å²) in [5.74, 6) is 0. The summed E-state index contributed by atoms with van der Waals surface area (Å²) in [4.78, 5) is 0. The van der Waals surface area contributed by atoms with Crippen LogP contribution in [-0.4, -0.2) is 13.0 Å². The SMILES string of the molecule is O=S(=O)(O)[O][Pd]. The van der Waals surface area contributed by atoms with Gasteiger partial charge >= 0.3 is 45.9 Å². The van der Waals surface area contributed by atoms with E-state index in [1.165, 1.54) is 0 Å². The molecule has 4 nitrogen and oxygen atoms in total. The molecule has 0 atom stereocenters. The molecule has 0 heterocycles. The molecule has 41 valence electrons. The summed E-state index contributed by atoms with van der Waals surface area (Å²) >= 11 is 1.80.